The van der Waals surface area contributed by atoms with E-state index in [1.54, 1.807) is 6.08 Å². The minimum Gasteiger partial charge on any atom is -0.392 e. The molecular formula is C22H32O5. The Bertz CT molecular complexity index is 728. The molecule has 0 radical (unpaired) electrons. The maximum Gasteiger partial charge on any atom is 0.163 e. The summed E-state index contributed by atoms with van der Waals surface area (Å²) in [5, 5.41) is 22.3. The second-order valence-electron chi connectivity index (χ2n) is 10.6. The van der Waals surface area contributed by atoms with Crippen LogP contribution in [0.25, 0.3) is 0 Å². The van der Waals surface area contributed by atoms with Gasteiger partial charge in [0.2, 0.25) is 0 Å². The lowest BCUT2D eigenvalue weighted by atomic mass is 9.47. The number of hydrogen-bond acceptors (Lipinski definition) is 5. The van der Waals surface area contributed by atoms with Crippen molar-refractivity contribution in [3.05, 3.63) is 11.6 Å². The van der Waals surface area contributed by atoms with Crippen molar-refractivity contribution in [2.75, 3.05) is 0 Å². The monoisotopic (exact) mass is 376 g/mol. The molecule has 1 heterocycles. The van der Waals surface area contributed by atoms with Gasteiger partial charge in [-0.3, -0.25) is 4.79 Å². The average Bonchev–Trinajstić information content (AvgIpc) is 2.99. The van der Waals surface area contributed by atoms with Gasteiger partial charge in [-0.2, -0.15) is 0 Å². The molecule has 5 heteroatoms. The van der Waals surface area contributed by atoms with E-state index in [0.717, 1.165) is 24.8 Å². The quantitative estimate of drug-likeness (QED) is 0.680. The molecule has 4 fully saturated rings. The molecule has 2 N–H and O–H groups in total. The van der Waals surface area contributed by atoms with E-state index in [1.165, 1.54) is 0 Å². The van der Waals surface area contributed by atoms with Crippen molar-refractivity contribution >= 4 is 5.78 Å². The predicted molar refractivity (Wildman–Crippen MR) is 98.8 cm³/mol. The Morgan fingerprint density at radius 2 is 1.74 bits per heavy atom. The van der Waals surface area contributed by atoms with Crippen LogP contribution in [0.3, 0.4) is 0 Å². The van der Waals surface area contributed by atoms with E-state index in [2.05, 4.69) is 6.92 Å². The molecule has 27 heavy (non-hydrogen) atoms. The van der Waals surface area contributed by atoms with Gasteiger partial charge in [-0.15, -0.1) is 0 Å². The van der Waals surface area contributed by atoms with E-state index in [-0.39, 0.29) is 35.2 Å². The summed E-state index contributed by atoms with van der Waals surface area (Å²) in [6.45, 7) is 8.10. The van der Waals surface area contributed by atoms with E-state index < -0.39 is 22.9 Å². The highest BCUT2D eigenvalue weighted by Gasteiger charge is 2.67. The van der Waals surface area contributed by atoms with Crippen LogP contribution in [0.1, 0.15) is 66.2 Å². The molecule has 0 aromatic rings. The molecule has 0 aromatic carbocycles. The van der Waals surface area contributed by atoms with Gasteiger partial charge in [-0.25, -0.2) is 0 Å². The second-order valence-corrected chi connectivity index (χ2v) is 10.6. The first-order valence-electron chi connectivity index (χ1n) is 10.5. The molecule has 8 unspecified atom stereocenters. The fourth-order valence-electron chi connectivity index (χ4n) is 7.30. The summed E-state index contributed by atoms with van der Waals surface area (Å²) in [5.41, 5.74) is -0.961. The summed E-state index contributed by atoms with van der Waals surface area (Å²) in [4.78, 5) is 13.2. The first kappa shape index (κ1) is 18.3. The predicted octanol–water partition coefficient (Wildman–Crippen LogP) is 2.73. The molecule has 0 amide bonds. The highest BCUT2D eigenvalue weighted by Crippen LogP contribution is 2.66. The normalized spacial score (nSPS) is 56.0. The number of carbonyl (C=O) groups excluding carboxylic acids is 1. The largest absolute Gasteiger partial charge is 0.392 e. The lowest BCUT2D eigenvalue weighted by Crippen LogP contribution is -2.60. The van der Waals surface area contributed by atoms with Gasteiger partial charge in [0.1, 0.15) is 0 Å². The van der Waals surface area contributed by atoms with Gasteiger partial charge in [-0.05, 0) is 75.4 Å². The Morgan fingerprint density at radius 3 is 2.48 bits per heavy atom. The lowest BCUT2D eigenvalue weighted by molar-refractivity contribution is -0.148. The standard InChI is InChI=1S/C22H32O5/c1-19(2)26-16-10-14-15(23)9-13-12(20(14,3)11-17(16)27-19)5-7-21(4)18(24)6-8-22(13,21)25/h9,12,14,16-18,24-25H,5-8,10-11H2,1-4H3. The third-order valence-corrected chi connectivity index (χ3v) is 8.89. The van der Waals surface area contributed by atoms with Crippen molar-refractivity contribution in [3.63, 3.8) is 0 Å². The zero-order valence-corrected chi connectivity index (χ0v) is 16.8. The number of carbonyl (C=O) groups is 1. The molecule has 1 aliphatic heterocycles. The molecule has 8 atom stereocenters. The third-order valence-electron chi connectivity index (χ3n) is 8.89. The fraction of sp³-hybridized carbons (Fsp3) is 0.864. The number of allylic oxidation sites excluding steroid dienone is 1. The molecule has 0 spiro atoms. The number of fused-ring (bicyclic) bond motifs is 6. The van der Waals surface area contributed by atoms with Gasteiger partial charge < -0.3 is 19.7 Å². The topological polar surface area (TPSA) is 76.0 Å². The van der Waals surface area contributed by atoms with Crippen molar-refractivity contribution in [2.45, 2.75) is 95.9 Å². The van der Waals surface area contributed by atoms with Crippen LogP contribution in [-0.4, -0.2) is 45.7 Å². The summed E-state index contributed by atoms with van der Waals surface area (Å²) in [6, 6.07) is 0. The molecule has 150 valence electrons. The molecule has 0 bridgehead atoms. The summed E-state index contributed by atoms with van der Waals surface area (Å²) >= 11 is 0. The summed E-state index contributed by atoms with van der Waals surface area (Å²) in [6.07, 6.45) is 5.54. The van der Waals surface area contributed by atoms with Crippen LogP contribution in [0.5, 0.6) is 0 Å². The van der Waals surface area contributed by atoms with Crippen LogP contribution in [0, 0.1) is 22.7 Å². The highest BCUT2D eigenvalue weighted by molar-refractivity contribution is 5.95. The maximum absolute atomic E-state index is 13.2. The second kappa shape index (κ2) is 5.24. The van der Waals surface area contributed by atoms with Gasteiger partial charge in [0.25, 0.3) is 0 Å². The number of hydrogen-bond donors (Lipinski definition) is 2. The van der Waals surface area contributed by atoms with E-state index in [9.17, 15) is 15.0 Å². The average molecular weight is 376 g/mol. The molecule has 1 saturated heterocycles. The Kier molecular flexibility index (Phi) is 3.55. The Labute approximate surface area is 161 Å². The smallest absolute Gasteiger partial charge is 0.163 e. The number of rotatable bonds is 0. The van der Waals surface area contributed by atoms with Crippen LogP contribution in [0.2, 0.25) is 0 Å². The van der Waals surface area contributed by atoms with Crippen molar-refractivity contribution in [2.24, 2.45) is 22.7 Å². The van der Waals surface area contributed by atoms with Crippen molar-refractivity contribution in [1.29, 1.82) is 0 Å². The van der Waals surface area contributed by atoms with Crippen LogP contribution in [0.4, 0.5) is 0 Å². The molecule has 5 aliphatic rings. The van der Waals surface area contributed by atoms with E-state index in [4.69, 9.17) is 9.47 Å². The maximum atomic E-state index is 13.2. The molecule has 0 aromatic heterocycles. The first-order chi connectivity index (χ1) is 12.5. The van der Waals surface area contributed by atoms with Crippen molar-refractivity contribution < 1.29 is 24.5 Å². The number of aliphatic hydroxyl groups excluding tert-OH is 1. The first-order valence-corrected chi connectivity index (χ1v) is 10.5. The van der Waals surface area contributed by atoms with Crippen LogP contribution in [-0.2, 0) is 14.3 Å². The number of aliphatic hydroxyl groups is 2. The SMILES string of the molecule is CC1(C)OC2CC3C(=O)C=C4C(CCC5(C)C(O)CCC45O)C3(C)CC2O1. The van der Waals surface area contributed by atoms with E-state index in [0.29, 0.717) is 19.3 Å². The van der Waals surface area contributed by atoms with Gasteiger partial charge in [0.15, 0.2) is 11.6 Å². The van der Waals surface area contributed by atoms with Gasteiger partial charge in [-0.1, -0.05) is 13.8 Å². The Hall–Kier alpha value is -0.750. The van der Waals surface area contributed by atoms with Crippen molar-refractivity contribution in [3.8, 4) is 0 Å². The van der Waals surface area contributed by atoms with Gasteiger partial charge in [0.05, 0.1) is 23.9 Å². The third kappa shape index (κ3) is 2.17. The Balaban J connectivity index is 1.56. The van der Waals surface area contributed by atoms with E-state index in [1.807, 2.05) is 20.8 Å². The fourth-order valence-corrected chi connectivity index (χ4v) is 7.30. The molecule has 3 saturated carbocycles. The summed E-state index contributed by atoms with van der Waals surface area (Å²) in [5.74, 6) is -0.395. The Morgan fingerprint density at radius 1 is 1.04 bits per heavy atom. The van der Waals surface area contributed by atoms with Crippen LogP contribution < -0.4 is 0 Å². The number of ether oxygens (including phenoxy) is 2. The zero-order chi connectivity index (χ0) is 19.4. The minimum absolute atomic E-state index is 0.00511. The summed E-state index contributed by atoms with van der Waals surface area (Å²) in [7, 11) is 0. The minimum atomic E-state index is -1.07. The number of ketones is 1. The van der Waals surface area contributed by atoms with Crippen LogP contribution in [0.15, 0.2) is 11.6 Å². The van der Waals surface area contributed by atoms with Gasteiger partial charge in [0, 0.05) is 11.3 Å². The van der Waals surface area contributed by atoms with E-state index >= 15 is 0 Å². The van der Waals surface area contributed by atoms with Crippen molar-refractivity contribution in [1.82, 2.24) is 0 Å². The van der Waals surface area contributed by atoms with Gasteiger partial charge >= 0.3 is 0 Å². The molecular weight excluding hydrogens is 344 g/mol. The highest BCUT2D eigenvalue weighted by atomic mass is 16.7. The molecule has 5 rings (SSSR count). The molecule has 4 aliphatic carbocycles. The summed E-state index contributed by atoms with van der Waals surface area (Å²) < 4.78 is 12.2. The molecule has 5 nitrogen and oxygen atoms in total. The zero-order valence-electron chi connectivity index (χ0n) is 16.8. The van der Waals surface area contributed by atoms with Crippen LogP contribution >= 0.6 is 0 Å². The lowest BCUT2D eigenvalue weighted by Gasteiger charge is -2.59.